The zero-order chi connectivity index (χ0) is 12.4. The molecule has 0 radical (unpaired) electrons. The Labute approximate surface area is 116 Å². The molecule has 4 nitrogen and oxygen atoms in total. The van der Waals surface area contributed by atoms with Crippen molar-refractivity contribution in [2.24, 2.45) is 0 Å². The molecule has 0 aliphatic rings. The van der Waals surface area contributed by atoms with Gasteiger partial charge < -0.3 is 27.5 Å². The van der Waals surface area contributed by atoms with Crippen LogP contribution in [0.5, 0.6) is 0 Å². The molecule has 2 rings (SSSR count). The van der Waals surface area contributed by atoms with E-state index in [0.717, 1.165) is 22.3 Å². The van der Waals surface area contributed by atoms with Gasteiger partial charge in [-0.25, -0.2) is 4.79 Å². The number of hydrogen-bond acceptors (Lipinski definition) is 3. The zero-order valence-corrected chi connectivity index (χ0v) is 11.9. The van der Waals surface area contributed by atoms with Crippen LogP contribution in [0.15, 0.2) is 30.3 Å². The summed E-state index contributed by atoms with van der Waals surface area (Å²) in [7, 11) is 1.39. The molecule has 0 fully saturated rings. The van der Waals surface area contributed by atoms with E-state index in [2.05, 4.69) is 0 Å². The van der Waals surface area contributed by atoms with Gasteiger partial charge >= 0.3 is 5.97 Å². The maximum atomic E-state index is 11.4. The largest absolute Gasteiger partial charge is 1.00 e. The van der Waals surface area contributed by atoms with Gasteiger partial charge in [-0.3, -0.25) is 0 Å². The fourth-order valence-corrected chi connectivity index (χ4v) is 1.93. The number of nitrogen functional groups attached to an aromatic ring is 1. The second kappa shape index (κ2) is 5.82. The van der Waals surface area contributed by atoms with E-state index in [4.69, 9.17) is 10.5 Å². The van der Waals surface area contributed by atoms with E-state index in [1.165, 1.54) is 7.11 Å². The summed E-state index contributed by atoms with van der Waals surface area (Å²) in [4.78, 5) is 11.4. The third-order valence-electron chi connectivity index (χ3n) is 2.81. The van der Waals surface area contributed by atoms with Crippen molar-refractivity contribution in [1.29, 1.82) is 0 Å². The Morgan fingerprint density at radius 2 is 2.06 bits per heavy atom. The summed E-state index contributed by atoms with van der Waals surface area (Å²) < 4.78 is 6.60. The molecule has 0 saturated heterocycles. The van der Waals surface area contributed by atoms with Crippen LogP contribution in [-0.4, -0.2) is 13.1 Å². The van der Waals surface area contributed by atoms with Crippen molar-refractivity contribution in [2.75, 3.05) is 12.8 Å². The zero-order valence-electron chi connectivity index (χ0n) is 10.3. The molecule has 0 aliphatic carbocycles. The van der Waals surface area contributed by atoms with E-state index in [0.29, 0.717) is 0 Å². The van der Waals surface area contributed by atoms with Crippen molar-refractivity contribution in [3.63, 3.8) is 0 Å². The summed E-state index contributed by atoms with van der Waals surface area (Å²) in [5, 5.41) is 0.946. The standard InChI is InChI=1S/C13H14N2O2.BrH/c1-9-7-11(14)10-5-3-4-6-12(10)15(9)8-13(16)17-2;/h3-7,14H,8H2,1-2H3;1H. The summed E-state index contributed by atoms with van der Waals surface area (Å²) in [5.41, 5.74) is 8.56. The fraction of sp³-hybridized carbons (Fsp3) is 0.231. The summed E-state index contributed by atoms with van der Waals surface area (Å²) >= 11 is 0. The van der Waals surface area contributed by atoms with Crippen molar-refractivity contribution in [1.82, 2.24) is 0 Å². The average Bonchev–Trinajstić information content (AvgIpc) is 2.34. The molecule has 5 heteroatoms. The maximum Gasteiger partial charge on any atom is 0.372 e. The molecule has 2 N–H and O–H groups in total. The first-order valence-electron chi connectivity index (χ1n) is 5.38. The van der Waals surface area contributed by atoms with Crippen molar-refractivity contribution >= 4 is 22.6 Å². The van der Waals surface area contributed by atoms with Crippen molar-refractivity contribution in [2.45, 2.75) is 13.5 Å². The van der Waals surface area contributed by atoms with Gasteiger partial charge in [-0.15, -0.1) is 0 Å². The van der Waals surface area contributed by atoms with Crippen LogP contribution in [-0.2, 0) is 16.1 Å². The molecule has 0 saturated carbocycles. The predicted molar refractivity (Wildman–Crippen MR) is 65.3 cm³/mol. The number of fused-ring (bicyclic) bond motifs is 1. The third kappa shape index (κ3) is 2.61. The van der Waals surface area contributed by atoms with Crippen molar-refractivity contribution < 1.29 is 31.1 Å². The van der Waals surface area contributed by atoms with Crippen molar-refractivity contribution in [3.8, 4) is 0 Å². The molecular weight excluding hydrogens is 296 g/mol. The number of carbonyl (C=O) groups is 1. The van der Waals surface area contributed by atoms with Crippen LogP contribution in [0, 0.1) is 6.92 Å². The third-order valence-corrected chi connectivity index (χ3v) is 2.81. The van der Waals surface area contributed by atoms with E-state index < -0.39 is 0 Å². The van der Waals surface area contributed by atoms with Crippen LogP contribution >= 0.6 is 0 Å². The van der Waals surface area contributed by atoms with Gasteiger partial charge in [-0.05, 0) is 6.07 Å². The molecule has 1 heterocycles. The summed E-state index contributed by atoms with van der Waals surface area (Å²) in [6.45, 7) is 2.12. The van der Waals surface area contributed by atoms with Crippen LogP contribution in [0.4, 0.5) is 5.69 Å². The topological polar surface area (TPSA) is 56.2 Å². The quantitative estimate of drug-likeness (QED) is 0.526. The molecule has 2 aromatic rings. The number of anilines is 1. The first-order chi connectivity index (χ1) is 8.13. The number of nitrogens with two attached hydrogens (primary N) is 1. The molecule has 96 valence electrons. The van der Waals surface area contributed by atoms with Gasteiger partial charge in [-0.2, -0.15) is 4.57 Å². The van der Waals surface area contributed by atoms with E-state index in [1.807, 2.05) is 41.8 Å². The number of methoxy groups -OCH3 is 1. The second-order valence-electron chi connectivity index (χ2n) is 3.92. The SMILES string of the molecule is COC(=O)C[n+]1c(C)cc(N)c2ccccc21.[Br-]. The van der Waals surface area contributed by atoms with Gasteiger partial charge in [0, 0.05) is 19.1 Å². The maximum absolute atomic E-state index is 11.4. The second-order valence-corrected chi connectivity index (χ2v) is 3.92. The number of nitrogens with zero attached hydrogens (tertiary/aromatic N) is 1. The number of aromatic nitrogens is 1. The van der Waals surface area contributed by atoms with E-state index >= 15 is 0 Å². The van der Waals surface area contributed by atoms with E-state index in [-0.39, 0.29) is 29.5 Å². The Hall–Kier alpha value is -1.62. The number of rotatable bonds is 2. The Morgan fingerprint density at radius 3 is 2.72 bits per heavy atom. The Kier molecular flexibility index (Phi) is 4.67. The minimum Gasteiger partial charge on any atom is -1.00 e. The van der Waals surface area contributed by atoms with Gasteiger partial charge in [0.2, 0.25) is 12.1 Å². The lowest BCUT2D eigenvalue weighted by Gasteiger charge is -2.06. The van der Waals surface area contributed by atoms with Crippen molar-refractivity contribution in [3.05, 3.63) is 36.0 Å². The molecule has 0 unspecified atom stereocenters. The first-order valence-corrected chi connectivity index (χ1v) is 5.38. The minimum atomic E-state index is -0.270. The highest BCUT2D eigenvalue weighted by atomic mass is 79.9. The molecule has 1 aromatic heterocycles. The number of ether oxygens (including phenoxy) is 1. The van der Waals surface area contributed by atoms with Gasteiger partial charge in [0.05, 0.1) is 18.2 Å². The highest BCUT2D eigenvalue weighted by Crippen LogP contribution is 2.18. The first kappa shape index (κ1) is 14.4. The smallest absolute Gasteiger partial charge is 0.372 e. The molecular formula is C13H15BrN2O2. The van der Waals surface area contributed by atoms with Gasteiger partial charge in [0.25, 0.3) is 0 Å². The number of aryl methyl sites for hydroxylation is 1. The van der Waals surface area contributed by atoms with Crippen LogP contribution in [0.25, 0.3) is 10.9 Å². The number of hydrogen-bond donors (Lipinski definition) is 1. The van der Waals surface area contributed by atoms with Gasteiger partial charge in [0.15, 0.2) is 5.69 Å². The summed E-state index contributed by atoms with van der Waals surface area (Å²) in [5.74, 6) is -0.270. The average molecular weight is 311 g/mol. The number of benzene rings is 1. The number of esters is 1. The van der Waals surface area contributed by atoms with Crippen LogP contribution in [0.2, 0.25) is 0 Å². The lowest BCUT2D eigenvalue weighted by molar-refractivity contribution is -0.666. The molecule has 0 aliphatic heterocycles. The number of halogens is 1. The Morgan fingerprint density at radius 1 is 1.39 bits per heavy atom. The molecule has 0 amide bonds. The van der Waals surface area contributed by atoms with E-state index in [1.54, 1.807) is 0 Å². The highest BCUT2D eigenvalue weighted by Gasteiger charge is 2.18. The highest BCUT2D eigenvalue weighted by molar-refractivity contribution is 5.88. The molecule has 18 heavy (non-hydrogen) atoms. The number of carbonyl (C=O) groups excluding carboxylic acids is 1. The molecule has 0 bridgehead atoms. The van der Waals surface area contributed by atoms with Gasteiger partial charge in [0.1, 0.15) is 0 Å². The lowest BCUT2D eigenvalue weighted by atomic mass is 10.1. The Balaban J connectivity index is 0.00000162. The fourth-order valence-electron chi connectivity index (χ4n) is 1.93. The number of para-hydroxylation sites is 1. The Bertz CT molecular complexity index is 584. The van der Waals surface area contributed by atoms with E-state index in [9.17, 15) is 4.79 Å². The molecule has 0 atom stereocenters. The number of pyridine rings is 1. The van der Waals surface area contributed by atoms with Crippen LogP contribution in [0.3, 0.4) is 0 Å². The monoisotopic (exact) mass is 310 g/mol. The van der Waals surface area contributed by atoms with Gasteiger partial charge in [-0.1, -0.05) is 12.1 Å². The predicted octanol–water partition coefficient (Wildman–Crippen LogP) is -1.81. The molecule has 1 aromatic carbocycles. The molecule has 0 spiro atoms. The van der Waals surface area contributed by atoms with Crippen LogP contribution in [0.1, 0.15) is 5.69 Å². The normalized spacial score (nSPS) is 9.89. The lowest BCUT2D eigenvalue weighted by Crippen LogP contribution is -3.00. The summed E-state index contributed by atoms with van der Waals surface area (Å²) in [6.07, 6.45) is 0. The summed E-state index contributed by atoms with van der Waals surface area (Å²) in [6, 6.07) is 9.61. The van der Waals surface area contributed by atoms with Crippen LogP contribution < -0.4 is 27.3 Å². The minimum absolute atomic E-state index is 0.